The molecule has 0 radical (unpaired) electrons. The van der Waals surface area contributed by atoms with Crippen LogP contribution in [0.4, 0.5) is 8.78 Å². The molecule has 0 aliphatic carbocycles. The number of halogens is 2. The molecule has 2 heterocycles. The average molecular weight is 256 g/mol. The van der Waals surface area contributed by atoms with E-state index in [1.165, 1.54) is 0 Å². The van der Waals surface area contributed by atoms with E-state index in [0.717, 1.165) is 25.1 Å². The summed E-state index contributed by atoms with van der Waals surface area (Å²) in [7, 11) is 0. The molecule has 1 fully saturated rings. The lowest BCUT2D eigenvalue weighted by Crippen LogP contribution is -2.32. The van der Waals surface area contributed by atoms with Gasteiger partial charge in [-0.2, -0.15) is 4.39 Å². The van der Waals surface area contributed by atoms with Crippen molar-refractivity contribution in [3.05, 3.63) is 29.6 Å². The minimum absolute atomic E-state index is 0.311. The fourth-order valence-electron chi connectivity index (χ4n) is 1.88. The van der Waals surface area contributed by atoms with E-state index in [4.69, 9.17) is 4.74 Å². The Kier molecular flexibility index (Phi) is 4.19. The van der Waals surface area contributed by atoms with Crippen LogP contribution in [0.2, 0.25) is 0 Å². The highest BCUT2D eigenvalue weighted by atomic mass is 19.2. The molecule has 18 heavy (non-hydrogen) atoms. The Morgan fingerprint density at radius 2 is 2.17 bits per heavy atom. The van der Waals surface area contributed by atoms with Gasteiger partial charge in [0.15, 0.2) is 5.82 Å². The third-order valence-electron chi connectivity index (χ3n) is 2.98. The predicted molar refractivity (Wildman–Crippen MR) is 60.0 cm³/mol. The second-order valence-corrected chi connectivity index (χ2v) is 4.23. The van der Waals surface area contributed by atoms with E-state index >= 15 is 0 Å². The van der Waals surface area contributed by atoms with Crippen LogP contribution in [0, 0.1) is 17.7 Å². The molecule has 1 saturated heterocycles. The highest BCUT2D eigenvalue weighted by Crippen LogP contribution is 2.14. The third kappa shape index (κ3) is 3.01. The molecular formula is C12H14F2N2O2. The number of carbonyl (C=O) groups is 1. The monoisotopic (exact) mass is 256 g/mol. The van der Waals surface area contributed by atoms with Crippen LogP contribution in [-0.2, 0) is 4.74 Å². The summed E-state index contributed by atoms with van der Waals surface area (Å²) in [6.07, 6.45) is 2.81. The van der Waals surface area contributed by atoms with Crippen molar-refractivity contribution in [2.75, 3.05) is 19.8 Å². The van der Waals surface area contributed by atoms with Crippen molar-refractivity contribution in [2.45, 2.75) is 12.8 Å². The smallest absolute Gasteiger partial charge is 0.254 e. The second kappa shape index (κ2) is 5.86. The topological polar surface area (TPSA) is 51.2 Å². The van der Waals surface area contributed by atoms with Crippen LogP contribution in [0.1, 0.15) is 23.2 Å². The quantitative estimate of drug-likeness (QED) is 0.834. The minimum atomic E-state index is -1.26. The molecule has 0 saturated carbocycles. The number of pyridine rings is 1. The zero-order valence-corrected chi connectivity index (χ0v) is 9.79. The van der Waals surface area contributed by atoms with Gasteiger partial charge in [-0.1, -0.05) is 0 Å². The van der Waals surface area contributed by atoms with Gasteiger partial charge >= 0.3 is 0 Å². The van der Waals surface area contributed by atoms with Gasteiger partial charge in [-0.15, -0.1) is 0 Å². The van der Waals surface area contributed by atoms with Crippen LogP contribution >= 0.6 is 0 Å². The van der Waals surface area contributed by atoms with Crippen LogP contribution in [0.15, 0.2) is 12.3 Å². The zero-order valence-electron chi connectivity index (χ0n) is 9.79. The van der Waals surface area contributed by atoms with Crippen LogP contribution < -0.4 is 5.32 Å². The van der Waals surface area contributed by atoms with Crippen molar-refractivity contribution in [3.8, 4) is 0 Å². The minimum Gasteiger partial charge on any atom is -0.381 e. The summed E-state index contributed by atoms with van der Waals surface area (Å²) >= 11 is 0. The normalized spacial score (nSPS) is 16.6. The number of ether oxygens (including phenoxy) is 1. The van der Waals surface area contributed by atoms with E-state index in [1.807, 2.05) is 0 Å². The Hall–Kier alpha value is -1.56. The largest absolute Gasteiger partial charge is 0.381 e. The van der Waals surface area contributed by atoms with Gasteiger partial charge in [0.25, 0.3) is 5.91 Å². The summed E-state index contributed by atoms with van der Waals surface area (Å²) in [5.41, 5.74) is -0.311. The standard InChI is InChI=1S/C12H14F2N2O2/c13-10-9(1-4-15-11(10)14)12(17)16-7-8-2-5-18-6-3-8/h1,4,8H,2-3,5-7H2,(H,16,17). The van der Waals surface area contributed by atoms with E-state index in [2.05, 4.69) is 10.3 Å². The highest BCUT2D eigenvalue weighted by molar-refractivity contribution is 5.94. The molecule has 0 atom stereocenters. The van der Waals surface area contributed by atoms with Crippen molar-refractivity contribution < 1.29 is 18.3 Å². The summed E-state index contributed by atoms with van der Waals surface area (Å²) in [6.45, 7) is 1.81. The molecule has 1 aromatic heterocycles. The van der Waals surface area contributed by atoms with Crippen LogP contribution in [-0.4, -0.2) is 30.6 Å². The number of carbonyl (C=O) groups excluding carboxylic acids is 1. The number of aromatic nitrogens is 1. The van der Waals surface area contributed by atoms with Gasteiger partial charge in [0, 0.05) is 26.0 Å². The van der Waals surface area contributed by atoms with E-state index in [0.29, 0.717) is 25.7 Å². The van der Waals surface area contributed by atoms with Gasteiger partial charge in [0.2, 0.25) is 5.95 Å². The maximum absolute atomic E-state index is 13.3. The molecule has 1 amide bonds. The zero-order chi connectivity index (χ0) is 13.0. The lowest BCUT2D eigenvalue weighted by molar-refractivity contribution is 0.0642. The van der Waals surface area contributed by atoms with Gasteiger partial charge in [-0.3, -0.25) is 4.79 Å². The average Bonchev–Trinajstić information content (AvgIpc) is 2.40. The van der Waals surface area contributed by atoms with E-state index in [-0.39, 0.29) is 5.56 Å². The maximum atomic E-state index is 13.3. The van der Waals surface area contributed by atoms with Gasteiger partial charge < -0.3 is 10.1 Å². The molecule has 1 N–H and O–H groups in total. The molecule has 1 aromatic rings. The molecule has 1 aliphatic rings. The van der Waals surface area contributed by atoms with Crippen molar-refractivity contribution in [1.29, 1.82) is 0 Å². The molecule has 1 aliphatic heterocycles. The van der Waals surface area contributed by atoms with Gasteiger partial charge in [-0.25, -0.2) is 9.37 Å². The second-order valence-electron chi connectivity index (χ2n) is 4.23. The molecular weight excluding hydrogens is 242 g/mol. The number of hydrogen-bond donors (Lipinski definition) is 1. The summed E-state index contributed by atoms with van der Waals surface area (Å²) < 4.78 is 31.3. The van der Waals surface area contributed by atoms with Crippen molar-refractivity contribution in [1.82, 2.24) is 10.3 Å². The first-order valence-corrected chi connectivity index (χ1v) is 5.84. The predicted octanol–water partition coefficient (Wildman–Crippen LogP) is 1.52. The Balaban J connectivity index is 1.93. The molecule has 98 valence electrons. The Bertz CT molecular complexity index is 434. The number of rotatable bonds is 3. The maximum Gasteiger partial charge on any atom is 0.254 e. The Morgan fingerprint density at radius 3 is 2.89 bits per heavy atom. The lowest BCUT2D eigenvalue weighted by Gasteiger charge is -2.22. The summed E-state index contributed by atoms with van der Waals surface area (Å²) in [5, 5.41) is 2.61. The molecule has 0 spiro atoms. The fraction of sp³-hybridized carbons (Fsp3) is 0.500. The number of amides is 1. The SMILES string of the molecule is O=C(NCC1CCOCC1)c1ccnc(F)c1F. The van der Waals surface area contributed by atoms with E-state index < -0.39 is 17.7 Å². The van der Waals surface area contributed by atoms with Crippen LogP contribution in [0.3, 0.4) is 0 Å². The first-order valence-electron chi connectivity index (χ1n) is 5.84. The van der Waals surface area contributed by atoms with Crippen LogP contribution in [0.25, 0.3) is 0 Å². The summed E-state index contributed by atoms with van der Waals surface area (Å²) in [6, 6.07) is 1.16. The molecule has 6 heteroatoms. The highest BCUT2D eigenvalue weighted by Gasteiger charge is 2.18. The van der Waals surface area contributed by atoms with Crippen LogP contribution in [0.5, 0.6) is 0 Å². The first kappa shape index (κ1) is 12.9. The van der Waals surface area contributed by atoms with Crippen molar-refractivity contribution >= 4 is 5.91 Å². The number of nitrogens with zero attached hydrogens (tertiary/aromatic N) is 1. The van der Waals surface area contributed by atoms with Crippen molar-refractivity contribution in [3.63, 3.8) is 0 Å². The number of hydrogen-bond acceptors (Lipinski definition) is 3. The fourth-order valence-corrected chi connectivity index (χ4v) is 1.88. The Labute approximate surface area is 103 Å². The molecule has 2 rings (SSSR count). The molecule has 0 bridgehead atoms. The van der Waals surface area contributed by atoms with E-state index in [9.17, 15) is 13.6 Å². The van der Waals surface area contributed by atoms with Gasteiger partial charge in [-0.05, 0) is 24.8 Å². The molecule has 0 aromatic carbocycles. The van der Waals surface area contributed by atoms with Gasteiger partial charge in [0.05, 0.1) is 5.56 Å². The number of nitrogens with one attached hydrogen (secondary N) is 1. The summed E-state index contributed by atoms with van der Waals surface area (Å²) in [4.78, 5) is 14.8. The van der Waals surface area contributed by atoms with E-state index in [1.54, 1.807) is 0 Å². The summed E-state index contributed by atoms with van der Waals surface area (Å²) in [5.74, 6) is -2.74. The van der Waals surface area contributed by atoms with Gasteiger partial charge in [0.1, 0.15) is 0 Å². The Morgan fingerprint density at radius 1 is 1.44 bits per heavy atom. The first-order chi connectivity index (χ1) is 8.68. The third-order valence-corrected chi connectivity index (χ3v) is 2.98. The molecule has 4 nitrogen and oxygen atoms in total. The lowest BCUT2D eigenvalue weighted by atomic mass is 10.0. The molecule has 0 unspecified atom stereocenters. The van der Waals surface area contributed by atoms with Crippen molar-refractivity contribution in [2.24, 2.45) is 5.92 Å².